The Morgan fingerprint density at radius 3 is 1.57 bits per heavy atom. The molecule has 256 valence electrons. The summed E-state index contributed by atoms with van der Waals surface area (Å²) in [6.07, 6.45) is 0. The highest BCUT2D eigenvalue weighted by molar-refractivity contribution is 6.12. The Labute approximate surface area is 315 Å². The van der Waals surface area contributed by atoms with Crippen molar-refractivity contribution in [2.75, 3.05) is 0 Å². The number of nitrogens with zero attached hydrogens (tertiary/aromatic N) is 2. The fourth-order valence-electron chi connectivity index (χ4n) is 9.74. The third-order valence-electron chi connectivity index (χ3n) is 11.9. The molecular formula is C52H38N2. The van der Waals surface area contributed by atoms with Crippen molar-refractivity contribution in [2.45, 2.75) is 25.3 Å². The minimum absolute atomic E-state index is 0.375. The molecule has 2 heterocycles. The summed E-state index contributed by atoms with van der Waals surface area (Å²) in [6.45, 7) is 4.54. The first-order valence-electron chi connectivity index (χ1n) is 19.0. The van der Waals surface area contributed by atoms with Crippen LogP contribution in [0.25, 0.3) is 71.6 Å². The van der Waals surface area contributed by atoms with Gasteiger partial charge in [-0.1, -0.05) is 140 Å². The average molecular weight is 691 g/mol. The molecule has 10 aromatic rings. The third-order valence-corrected chi connectivity index (χ3v) is 11.9. The van der Waals surface area contributed by atoms with E-state index in [1.807, 2.05) is 0 Å². The Bertz CT molecular complexity index is 3030. The van der Waals surface area contributed by atoms with Crippen LogP contribution in [0.5, 0.6) is 0 Å². The molecule has 0 N–H and O–H groups in total. The van der Waals surface area contributed by atoms with E-state index in [-0.39, 0.29) is 0 Å². The smallest absolute Gasteiger partial charge is 0.0714 e. The van der Waals surface area contributed by atoms with E-state index in [1.165, 1.54) is 93.8 Å². The Kier molecular flexibility index (Phi) is 6.69. The summed E-state index contributed by atoms with van der Waals surface area (Å²) in [5.74, 6) is 0. The molecule has 0 spiro atoms. The third kappa shape index (κ3) is 4.22. The van der Waals surface area contributed by atoms with Crippen LogP contribution >= 0.6 is 0 Å². The van der Waals surface area contributed by atoms with E-state index in [4.69, 9.17) is 0 Å². The van der Waals surface area contributed by atoms with E-state index < -0.39 is 5.41 Å². The molecule has 2 aromatic heterocycles. The van der Waals surface area contributed by atoms with E-state index in [2.05, 4.69) is 211 Å². The van der Waals surface area contributed by atoms with Crippen LogP contribution < -0.4 is 0 Å². The number of hydrogen-bond acceptors (Lipinski definition) is 0. The van der Waals surface area contributed by atoms with Crippen molar-refractivity contribution in [1.29, 1.82) is 0 Å². The van der Waals surface area contributed by atoms with Crippen LogP contribution in [0.15, 0.2) is 188 Å². The van der Waals surface area contributed by atoms with Crippen LogP contribution in [0.1, 0.15) is 42.1 Å². The summed E-state index contributed by atoms with van der Waals surface area (Å²) in [5.41, 5.74) is 16.0. The summed E-state index contributed by atoms with van der Waals surface area (Å²) < 4.78 is 4.93. The van der Waals surface area contributed by atoms with Gasteiger partial charge in [0.2, 0.25) is 0 Å². The molecule has 2 nitrogen and oxygen atoms in total. The van der Waals surface area contributed by atoms with Crippen LogP contribution in [0.4, 0.5) is 0 Å². The first kappa shape index (κ1) is 30.9. The van der Waals surface area contributed by atoms with E-state index in [9.17, 15) is 0 Å². The van der Waals surface area contributed by atoms with Crippen molar-refractivity contribution in [1.82, 2.24) is 9.13 Å². The Hall–Kier alpha value is -6.64. The molecule has 54 heavy (non-hydrogen) atoms. The zero-order valence-electron chi connectivity index (χ0n) is 30.4. The molecule has 0 unspecified atom stereocenters. The number of benzene rings is 8. The molecule has 0 aliphatic heterocycles. The topological polar surface area (TPSA) is 9.86 Å². The van der Waals surface area contributed by atoms with Crippen LogP contribution in [0.3, 0.4) is 0 Å². The molecular weight excluding hydrogens is 653 g/mol. The van der Waals surface area contributed by atoms with Gasteiger partial charge >= 0.3 is 0 Å². The minimum Gasteiger partial charge on any atom is -0.338 e. The minimum atomic E-state index is -0.451. The van der Waals surface area contributed by atoms with Gasteiger partial charge < -0.3 is 9.13 Å². The second kappa shape index (κ2) is 11.7. The normalized spacial score (nSPS) is 13.3. The molecule has 0 fully saturated rings. The summed E-state index contributed by atoms with van der Waals surface area (Å²) >= 11 is 0. The second-order valence-corrected chi connectivity index (χ2v) is 15.1. The summed E-state index contributed by atoms with van der Waals surface area (Å²) in [5, 5.41) is 5.13. The molecule has 0 radical (unpaired) electrons. The van der Waals surface area contributed by atoms with Gasteiger partial charge in [0.15, 0.2) is 0 Å². The Balaban J connectivity index is 1.13. The largest absolute Gasteiger partial charge is 0.338 e. The molecule has 2 heteroatoms. The lowest BCUT2D eigenvalue weighted by Gasteiger charge is -2.34. The van der Waals surface area contributed by atoms with Gasteiger partial charge in [-0.05, 0) is 107 Å². The zero-order valence-corrected chi connectivity index (χ0v) is 30.4. The molecule has 8 aromatic carbocycles. The first-order valence-corrected chi connectivity index (χ1v) is 19.0. The summed E-state index contributed by atoms with van der Waals surface area (Å²) in [7, 11) is 0. The molecule has 1 aliphatic rings. The van der Waals surface area contributed by atoms with E-state index in [1.54, 1.807) is 0 Å². The quantitative estimate of drug-likeness (QED) is 0.170. The molecule has 1 aliphatic carbocycles. The maximum atomic E-state index is 2.47. The molecule has 0 atom stereocenters. The number of rotatable bonds is 5. The SMILES string of the molecule is CC(C)n1c2ccccc2c2cc(-c3ccc4c(c3)c3ccccc3n4-c3ccc4c(c3)C(c3ccccc3)(c3ccccc3)c3ccccc3-4)ccc21. The number of fused-ring (bicyclic) bond motifs is 9. The average Bonchev–Trinajstić information content (AvgIpc) is 3.85. The Morgan fingerprint density at radius 2 is 0.889 bits per heavy atom. The van der Waals surface area contributed by atoms with Gasteiger partial charge in [-0.3, -0.25) is 0 Å². The maximum Gasteiger partial charge on any atom is 0.0714 e. The lowest BCUT2D eigenvalue weighted by atomic mass is 9.67. The highest BCUT2D eigenvalue weighted by atomic mass is 15.0. The molecule has 11 rings (SSSR count). The van der Waals surface area contributed by atoms with Gasteiger partial charge in [-0.25, -0.2) is 0 Å². The van der Waals surface area contributed by atoms with E-state index in [0.717, 1.165) is 0 Å². The van der Waals surface area contributed by atoms with Crippen molar-refractivity contribution < 1.29 is 0 Å². The molecule has 0 saturated heterocycles. The summed E-state index contributed by atoms with van der Waals surface area (Å²) in [6, 6.07) is 70.4. The second-order valence-electron chi connectivity index (χ2n) is 15.1. The standard InChI is InChI=1S/C52H38N2/c1-34(2)53-48-23-13-10-20-42(48)44-31-35(25-29-50(44)53)36-26-30-51-45(32-36)43-21-11-14-24-49(43)54(51)39-27-28-41-40-19-9-12-22-46(40)52(47(41)33-39,37-15-5-3-6-16-37)38-17-7-4-8-18-38/h3-34H,1-2H3. The van der Waals surface area contributed by atoms with Crippen LogP contribution in [0, 0.1) is 0 Å². The maximum absolute atomic E-state index is 2.47. The predicted octanol–water partition coefficient (Wildman–Crippen LogP) is 13.5. The lowest BCUT2D eigenvalue weighted by Crippen LogP contribution is -2.28. The molecule has 0 amide bonds. The molecule has 0 bridgehead atoms. The van der Waals surface area contributed by atoms with Crippen molar-refractivity contribution in [3.63, 3.8) is 0 Å². The predicted molar refractivity (Wildman–Crippen MR) is 227 cm³/mol. The van der Waals surface area contributed by atoms with E-state index in [0.29, 0.717) is 6.04 Å². The van der Waals surface area contributed by atoms with Gasteiger partial charge in [0.1, 0.15) is 0 Å². The van der Waals surface area contributed by atoms with Crippen LogP contribution in [0.2, 0.25) is 0 Å². The first-order chi connectivity index (χ1) is 26.6. The molecule has 0 saturated carbocycles. The van der Waals surface area contributed by atoms with Gasteiger partial charge in [0.05, 0.1) is 16.4 Å². The van der Waals surface area contributed by atoms with Crippen molar-refractivity contribution >= 4 is 43.6 Å². The van der Waals surface area contributed by atoms with Crippen molar-refractivity contribution in [3.05, 3.63) is 210 Å². The number of para-hydroxylation sites is 2. The van der Waals surface area contributed by atoms with Crippen molar-refractivity contribution in [3.8, 4) is 27.9 Å². The zero-order chi connectivity index (χ0) is 36.0. The van der Waals surface area contributed by atoms with Gasteiger partial charge in [0.25, 0.3) is 0 Å². The summed E-state index contributed by atoms with van der Waals surface area (Å²) in [4.78, 5) is 0. The highest BCUT2D eigenvalue weighted by Crippen LogP contribution is 2.56. The van der Waals surface area contributed by atoms with Gasteiger partial charge in [-0.2, -0.15) is 0 Å². The van der Waals surface area contributed by atoms with Gasteiger partial charge in [-0.15, -0.1) is 0 Å². The van der Waals surface area contributed by atoms with Crippen LogP contribution in [-0.4, -0.2) is 9.13 Å². The fraction of sp³-hybridized carbons (Fsp3) is 0.0769. The lowest BCUT2D eigenvalue weighted by molar-refractivity contribution is 0.642. The number of aromatic nitrogens is 2. The number of hydrogen-bond donors (Lipinski definition) is 0. The van der Waals surface area contributed by atoms with Crippen molar-refractivity contribution in [2.24, 2.45) is 0 Å². The Morgan fingerprint density at radius 1 is 0.389 bits per heavy atom. The monoisotopic (exact) mass is 690 g/mol. The highest BCUT2D eigenvalue weighted by Gasteiger charge is 2.46. The van der Waals surface area contributed by atoms with Gasteiger partial charge in [0, 0.05) is 44.3 Å². The fourth-order valence-corrected chi connectivity index (χ4v) is 9.74. The van der Waals surface area contributed by atoms with E-state index >= 15 is 0 Å². The van der Waals surface area contributed by atoms with Crippen LogP contribution in [-0.2, 0) is 5.41 Å².